The van der Waals surface area contributed by atoms with Crippen LogP contribution in [0.5, 0.6) is 11.5 Å². The molecule has 2 aromatic rings. The second kappa shape index (κ2) is 9.62. The zero-order valence-corrected chi connectivity index (χ0v) is 16.2. The number of amides is 2. The fourth-order valence-electron chi connectivity index (χ4n) is 2.51. The number of nitrogens with one attached hydrogen (secondary N) is 1. The Morgan fingerprint density at radius 2 is 1.59 bits per heavy atom. The predicted octanol–water partition coefficient (Wildman–Crippen LogP) is 3.86. The summed E-state index contributed by atoms with van der Waals surface area (Å²) < 4.78 is 11.0. The Labute approximate surface area is 160 Å². The monoisotopic (exact) mass is 370 g/mol. The Morgan fingerprint density at radius 3 is 2.11 bits per heavy atom. The molecule has 6 nitrogen and oxygen atoms in total. The first kappa shape index (κ1) is 20.3. The van der Waals surface area contributed by atoms with E-state index in [4.69, 9.17) is 9.47 Å². The molecule has 0 fully saturated rings. The molecule has 2 amide bonds. The zero-order valence-electron chi connectivity index (χ0n) is 16.2. The molecule has 144 valence electrons. The summed E-state index contributed by atoms with van der Waals surface area (Å²) in [6.45, 7) is 7.73. The van der Waals surface area contributed by atoms with E-state index in [1.165, 1.54) is 11.8 Å². The van der Waals surface area contributed by atoms with Gasteiger partial charge in [-0.15, -0.1) is 0 Å². The highest BCUT2D eigenvalue weighted by Crippen LogP contribution is 2.20. The molecule has 2 aromatic carbocycles. The number of ether oxygens (including phenoxy) is 2. The second-order valence-electron chi connectivity index (χ2n) is 6.27. The van der Waals surface area contributed by atoms with Crippen LogP contribution in [0.15, 0.2) is 48.5 Å². The van der Waals surface area contributed by atoms with Gasteiger partial charge < -0.3 is 19.7 Å². The summed E-state index contributed by atoms with van der Waals surface area (Å²) in [5, 5.41) is 2.80. The van der Waals surface area contributed by atoms with Gasteiger partial charge in [0.1, 0.15) is 18.0 Å². The zero-order chi connectivity index (χ0) is 19.8. The molecule has 0 aliphatic heterocycles. The summed E-state index contributed by atoms with van der Waals surface area (Å²) in [7, 11) is 0. The lowest BCUT2D eigenvalue weighted by Gasteiger charge is -2.21. The van der Waals surface area contributed by atoms with Crippen LogP contribution in [0.2, 0.25) is 0 Å². The van der Waals surface area contributed by atoms with E-state index in [9.17, 15) is 9.59 Å². The molecule has 0 aromatic heterocycles. The van der Waals surface area contributed by atoms with Crippen molar-refractivity contribution < 1.29 is 19.1 Å². The van der Waals surface area contributed by atoms with Crippen molar-refractivity contribution in [1.29, 1.82) is 0 Å². The minimum absolute atomic E-state index is 0.0758. The normalized spacial score (nSPS) is 10.4. The molecule has 6 heteroatoms. The van der Waals surface area contributed by atoms with Crippen LogP contribution in [-0.4, -0.2) is 31.1 Å². The molecule has 0 atom stereocenters. The van der Waals surface area contributed by atoms with Gasteiger partial charge >= 0.3 is 0 Å². The Kier molecular flexibility index (Phi) is 7.23. The molecule has 0 aliphatic rings. The van der Waals surface area contributed by atoms with Crippen LogP contribution >= 0.6 is 0 Å². The van der Waals surface area contributed by atoms with Crippen molar-refractivity contribution in [3.05, 3.63) is 48.5 Å². The number of benzene rings is 2. The van der Waals surface area contributed by atoms with Crippen molar-refractivity contribution >= 4 is 23.2 Å². The van der Waals surface area contributed by atoms with E-state index in [-0.39, 0.29) is 24.5 Å². The highest BCUT2D eigenvalue weighted by Gasteiger charge is 2.16. The largest absolute Gasteiger partial charge is 0.494 e. The molecule has 0 aliphatic carbocycles. The van der Waals surface area contributed by atoms with Gasteiger partial charge in [-0.2, -0.15) is 0 Å². The molecule has 0 bridgehead atoms. The summed E-state index contributed by atoms with van der Waals surface area (Å²) in [5.41, 5.74) is 1.29. The van der Waals surface area contributed by atoms with E-state index < -0.39 is 0 Å². The Balaban J connectivity index is 2.01. The highest BCUT2D eigenvalue weighted by molar-refractivity contribution is 6.01. The summed E-state index contributed by atoms with van der Waals surface area (Å²) in [5.74, 6) is 0.965. The Bertz CT molecular complexity index is 755. The van der Waals surface area contributed by atoms with Crippen LogP contribution in [0.3, 0.4) is 0 Å². The smallest absolute Gasteiger partial charge is 0.244 e. The van der Waals surface area contributed by atoms with Crippen molar-refractivity contribution in [3.8, 4) is 11.5 Å². The molecule has 0 radical (unpaired) electrons. The van der Waals surface area contributed by atoms with Gasteiger partial charge in [0, 0.05) is 18.3 Å². The maximum absolute atomic E-state index is 12.4. The van der Waals surface area contributed by atoms with Gasteiger partial charge in [0.05, 0.1) is 12.7 Å². The standard InChI is InChI=1S/C21H26N2O4/c1-5-26-19-12-8-18(9-13-19)23(16(4)24)14-21(25)22-17-6-10-20(11-7-17)27-15(2)3/h6-13,15H,5,14H2,1-4H3,(H,22,25). The molecule has 27 heavy (non-hydrogen) atoms. The molecule has 1 N–H and O–H groups in total. The fourth-order valence-corrected chi connectivity index (χ4v) is 2.51. The Hall–Kier alpha value is -3.02. The lowest BCUT2D eigenvalue weighted by molar-refractivity contribution is -0.120. The molecule has 0 unspecified atom stereocenters. The van der Waals surface area contributed by atoms with Crippen LogP contribution in [0.4, 0.5) is 11.4 Å². The topological polar surface area (TPSA) is 67.9 Å². The van der Waals surface area contributed by atoms with Gasteiger partial charge in [-0.3, -0.25) is 9.59 Å². The number of carbonyl (C=O) groups excluding carboxylic acids is 2. The van der Waals surface area contributed by atoms with Gasteiger partial charge in [-0.1, -0.05) is 0 Å². The first-order chi connectivity index (χ1) is 12.9. The highest BCUT2D eigenvalue weighted by atomic mass is 16.5. The molecule has 0 heterocycles. The number of nitrogens with zero attached hydrogens (tertiary/aromatic N) is 1. The molecule has 0 saturated carbocycles. The van der Waals surface area contributed by atoms with Crippen LogP contribution in [0.25, 0.3) is 0 Å². The lowest BCUT2D eigenvalue weighted by Crippen LogP contribution is -2.36. The number of anilines is 2. The third-order valence-corrected chi connectivity index (χ3v) is 3.65. The fraction of sp³-hybridized carbons (Fsp3) is 0.333. The van der Waals surface area contributed by atoms with E-state index in [0.29, 0.717) is 18.0 Å². The van der Waals surface area contributed by atoms with Crippen LogP contribution in [0, 0.1) is 0 Å². The number of carbonyl (C=O) groups is 2. The van der Waals surface area contributed by atoms with Crippen molar-refractivity contribution in [1.82, 2.24) is 0 Å². The van der Waals surface area contributed by atoms with Crippen molar-refractivity contribution in [2.24, 2.45) is 0 Å². The molecule has 2 rings (SSSR count). The second-order valence-corrected chi connectivity index (χ2v) is 6.27. The van der Waals surface area contributed by atoms with E-state index >= 15 is 0 Å². The van der Waals surface area contributed by atoms with E-state index in [1.807, 2.05) is 20.8 Å². The molecule has 0 spiro atoms. The minimum atomic E-state index is -0.281. The van der Waals surface area contributed by atoms with E-state index in [0.717, 1.165) is 11.5 Å². The number of hydrogen-bond acceptors (Lipinski definition) is 4. The van der Waals surface area contributed by atoms with Gasteiger partial charge in [0.15, 0.2) is 0 Å². The number of hydrogen-bond donors (Lipinski definition) is 1. The average Bonchev–Trinajstić information content (AvgIpc) is 2.62. The first-order valence-corrected chi connectivity index (χ1v) is 8.96. The van der Waals surface area contributed by atoms with Crippen molar-refractivity contribution in [3.63, 3.8) is 0 Å². The van der Waals surface area contributed by atoms with E-state index in [1.54, 1.807) is 48.5 Å². The van der Waals surface area contributed by atoms with Gasteiger partial charge in [-0.05, 0) is 69.3 Å². The van der Waals surface area contributed by atoms with Crippen molar-refractivity contribution in [2.45, 2.75) is 33.8 Å². The molecule has 0 saturated heterocycles. The molecular formula is C21H26N2O4. The summed E-state index contributed by atoms with van der Waals surface area (Å²) in [6.07, 6.45) is 0.0867. The van der Waals surface area contributed by atoms with Crippen LogP contribution in [0.1, 0.15) is 27.7 Å². The van der Waals surface area contributed by atoms with Gasteiger partial charge in [-0.25, -0.2) is 0 Å². The maximum Gasteiger partial charge on any atom is 0.244 e. The summed E-state index contributed by atoms with van der Waals surface area (Å²) >= 11 is 0. The van der Waals surface area contributed by atoms with Crippen LogP contribution in [-0.2, 0) is 9.59 Å². The van der Waals surface area contributed by atoms with E-state index in [2.05, 4.69) is 5.32 Å². The quantitative estimate of drug-likeness (QED) is 0.766. The minimum Gasteiger partial charge on any atom is -0.494 e. The number of rotatable bonds is 8. The maximum atomic E-state index is 12.4. The summed E-state index contributed by atoms with van der Waals surface area (Å²) in [6, 6.07) is 14.2. The SMILES string of the molecule is CCOc1ccc(N(CC(=O)Nc2ccc(OC(C)C)cc2)C(C)=O)cc1. The average molecular weight is 370 g/mol. The van der Waals surface area contributed by atoms with Crippen LogP contribution < -0.4 is 19.7 Å². The van der Waals surface area contributed by atoms with Gasteiger partial charge in [0.2, 0.25) is 11.8 Å². The van der Waals surface area contributed by atoms with Crippen molar-refractivity contribution in [2.75, 3.05) is 23.4 Å². The third-order valence-electron chi connectivity index (χ3n) is 3.65. The third kappa shape index (κ3) is 6.33. The first-order valence-electron chi connectivity index (χ1n) is 8.96. The lowest BCUT2D eigenvalue weighted by atomic mass is 10.2. The molecular weight excluding hydrogens is 344 g/mol. The summed E-state index contributed by atoms with van der Waals surface area (Å²) in [4.78, 5) is 25.8. The predicted molar refractivity (Wildman–Crippen MR) is 106 cm³/mol. The Morgan fingerprint density at radius 1 is 1.00 bits per heavy atom. The van der Waals surface area contributed by atoms with Gasteiger partial charge in [0.25, 0.3) is 0 Å².